The minimum Gasteiger partial charge on any atom is -0.328 e. The number of nitrogens with zero attached hydrogens (tertiary/aromatic N) is 2. The monoisotopic (exact) mass is 631 g/mol. The molecule has 0 spiro atoms. The molecular formula is C46H37N3. The highest BCUT2D eigenvalue weighted by Gasteiger charge is 2.35. The highest BCUT2D eigenvalue weighted by atomic mass is 15.2. The average molecular weight is 632 g/mol. The topological polar surface area (TPSA) is 36.8 Å². The largest absolute Gasteiger partial charge is 0.328 e. The van der Waals surface area contributed by atoms with Crippen LogP contribution in [0.15, 0.2) is 168 Å². The summed E-state index contributed by atoms with van der Waals surface area (Å²) < 4.78 is 0. The molecule has 0 aromatic heterocycles. The lowest BCUT2D eigenvalue weighted by Gasteiger charge is -2.27. The van der Waals surface area contributed by atoms with E-state index in [1.165, 1.54) is 55.3 Å². The second-order valence-electron chi connectivity index (χ2n) is 13.8. The van der Waals surface area contributed by atoms with Crippen molar-refractivity contribution >= 4 is 28.0 Å². The van der Waals surface area contributed by atoms with Gasteiger partial charge < -0.3 is 5.32 Å². The second-order valence-corrected chi connectivity index (χ2v) is 13.8. The zero-order valence-corrected chi connectivity index (χ0v) is 27.8. The van der Waals surface area contributed by atoms with Gasteiger partial charge in [0, 0.05) is 16.9 Å². The van der Waals surface area contributed by atoms with Crippen molar-refractivity contribution < 1.29 is 0 Å². The van der Waals surface area contributed by atoms with Crippen LogP contribution in [0.5, 0.6) is 0 Å². The van der Waals surface area contributed by atoms with E-state index in [1.807, 2.05) is 12.1 Å². The lowest BCUT2D eigenvalue weighted by Crippen LogP contribution is -2.39. The first-order valence-corrected chi connectivity index (χ1v) is 17.2. The summed E-state index contributed by atoms with van der Waals surface area (Å²) in [5.41, 5.74) is 12.7. The van der Waals surface area contributed by atoms with Crippen LogP contribution in [0.4, 0.5) is 0 Å². The Morgan fingerprint density at radius 2 is 1.24 bits per heavy atom. The molecule has 0 fully saturated rings. The van der Waals surface area contributed by atoms with Gasteiger partial charge in [-0.3, -0.25) is 0 Å². The fourth-order valence-corrected chi connectivity index (χ4v) is 7.87. The Morgan fingerprint density at radius 1 is 0.592 bits per heavy atom. The van der Waals surface area contributed by atoms with Crippen molar-refractivity contribution in [2.45, 2.75) is 31.8 Å². The number of rotatable bonds is 5. The molecule has 6 aromatic carbocycles. The maximum Gasteiger partial charge on any atom is 0.169 e. The maximum absolute atomic E-state index is 5.13. The molecule has 1 N–H and O–H groups in total. The molecule has 3 heteroatoms. The summed E-state index contributed by atoms with van der Waals surface area (Å²) in [6, 6.07) is 50.1. The number of benzene rings is 6. The fraction of sp³-hybridized carbons (Fsp3) is 0.130. The Balaban J connectivity index is 1.03. The molecular weight excluding hydrogens is 595 g/mol. The van der Waals surface area contributed by atoms with Gasteiger partial charge in [0.25, 0.3) is 0 Å². The predicted molar refractivity (Wildman–Crippen MR) is 205 cm³/mol. The van der Waals surface area contributed by atoms with E-state index in [-0.39, 0.29) is 17.5 Å². The molecule has 1 heterocycles. The number of nitrogens with one attached hydrogen (secondary N) is 1. The molecule has 0 saturated carbocycles. The number of hydrogen-bond acceptors (Lipinski definition) is 3. The van der Waals surface area contributed by atoms with Crippen LogP contribution in [0.25, 0.3) is 38.6 Å². The molecule has 0 bridgehead atoms. The zero-order chi connectivity index (χ0) is 33.0. The summed E-state index contributed by atoms with van der Waals surface area (Å²) in [4.78, 5) is 10.1. The maximum atomic E-state index is 5.13. The van der Waals surface area contributed by atoms with Crippen LogP contribution in [-0.4, -0.2) is 11.7 Å². The van der Waals surface area contributed by atoms with Crippen LogP contribution in [0.3, 0.4) is 0 Å². The average Bonchev–Trinajstić information content (AvgIpc) is 3.40. The molecule has 0 radical (unpaired) electrons. The standard InChI is InChI=1S/C46H37N3/c1-46(2)41-20-12-11-19-39(41)40-26-25-34(29-42(40)46)36-28-27-35(37-17-9-10-18-38(36)37)30-21-23-33(24-22-30)45-48-43(31-13-5-3-6-14-31)47-44(49-45)32-15-7-4-8-16-32/h3-23,25-29,33,43H,24H2,1-2H3,(H,47,48,49). The van der Waals surface area contributed by atoms with Crippen molar-refractivity contribution in [2.75, 3.05) is 0 Å². The van der Waals surface area contributed by atoms with E-state index in [9.17, 15) is 0 Å². The second kappa shape index (κ2) is 11.7. The first kappa shape index (κ1) is 29.3. The first-order valence-electron chi connectivity index (χ1n) is 17.2. The molecule has 3 nitrogen and oxygen atoms in total. The summed E-state index contributed by atoms with van der Waals surface area (Å²) in [5, 5.41) is 6.14. The van der Waals surface area contributed by atoms with Crippen LogP contribution < -0.4 is 5.32 Å². The predicted octanol–water partition coefficient (Wildman–Crippen LogP) is 10.9. The lowest BCUT2D eigenvalue weighted by molar-refractivity contribution is 0.660. The summed E-state index contributed by atoms with van der Waals surface area (Å²) in [6.45, 7) is 4.70. The third-order valence-electron chi connectivity index (χ3n) is 10.5. The number of allylic oxidation sites excluding steroid dienone is 3. The lowest BCUT2D eigenvalue weighted by atomic mass is 9.81. The molecule has 2 atom stereocenters. The van der Waals surface area contributed by atoms with Crippen LogP contribution >= 0.6 is 0 Å². The SMILES string of the molecule is CC1(C)c2ccccc2-c2ccc(-c3ccc(C4=CCC(C5=NC(c6ccccc6)N=C(c6ccccc6)N5)C=C4)c4ccccc34)cc21. The van der Waals surface area contributed by atoms with Crippen molar-refractivity contribution in [3.05, 3.63) is 186 Å². The number of hydrogen-bond donors (Lipinski definition) is 1. The molecule has 2 aliphatic carbocycles. The highest BCUT2D eigenvalue weighted by molar-refractivity contribution is 6.12. The Hall–Kier alpha value is -5.80. The van der Waals surface area contributed by atoms with Gasteiger partial charge in [0.15, 0.2) is 6.17 Å². The van der Waals surface area contributed by atoms with Gasteiger partial charge in [-0.15, -0.1) is 0 Å². The molecule has 2 unspecified atom stereocenters. The quantitative estimate of drug-likeness (QED) is 0.202. The minimum absolute atomic E-state index is 0.0295. The summed E-state index contributed by atoms with van der Waals surface area (Å²) in [6.07, 6.45) is 7.54. The molecule has 3 aliphatic rings. The van der Waals surface area contributed by atoms with E-state index >= 15 is 0 Å². The van der Waals surface area contributed by atoms with Gasteiger partial charge in [-0.2, -0.15) is 0 Å². The Bertz CT molecular complexity index is 2360. The summed E-state index contributed by atoms with van der Waals surface area (Å²) in [7, 11) is 0. The van der Waals surface area contributed by atoms with E-state index in [0.717, 1.165) is 29.2 Å². The molecule has 49 heavy (non-hydrogen) atoms. The molecule has 1 aliphatic heterocycles. The van der Waals surface area contributed by atoms with Crippen molar-refractivity contribution in [2.24, 2.45) is 15.9 Å². The first-order chi connectivity index (χ1) is 24.0. The van der Waals surface area contributed by atoms with Crippen LogP contribution in [0.2, 0.25) is 0 Å². The van der Waals surface area contributed by atoms with Crippen LogP contribution in [0.1, 0.15) is 54.3 Å². The van der Waals surface area contributed by atoms with E-state index in [1.54, 1.807) is 0 Å². The summed E-state index contributed by atoms with van der Waals surface area (Å²) >= 11 is 0. The van der Waals surface area contributed by atoms with Crippen LogP contribution in [0, 0.1) is 5.92 Å². The Labute approximate surface area is 288 Å². The Morgan fingerprint density at radius 3 is 2.02 bits per heavy atom. The third-order valence-corrected chi connectivity index (χ3v) is 10.5. The van der Waals surface area contributed by atoms with Crippen molar-refractivity contribution in [3.63, 3.8) is 0 Å². The van der Waals surface area contributed by atoms with E-state index in [0.29, 0.717) is 0 Å². The molecule has 0 amide bonds. The minimum atomic E-state index is -0.276. The van der Waals surface area contributed by atoms with Crippen molar-refractivity contribution in [1.82, 2.24) is 5.32 Å². The van der Waals surface area contributed by atoms with E-state index < -0.39 is 0 Å². The number of fused-ring (bicyclic) bond motifs is 4. The summed E-state index contributed by atoms with van der Waals surface area (Å²) in [5.74, 6) is 1.95. The fourth-order valence-electron chi connectivity index (χ4n) is 7.87. The zero-order valence-electron chi connectivity index (χ0n) is 27.8. The van der Waals surface area contributed by atoms with Gasteiger partial charge in [0.2, 0.25) is 0 Å². The van der Waals surface area contributed by atoms with Gasteiger partial charge >= 0.3 is 0 Å². The van der Waals surface area contributed by atoms with E-state index in [4.69, 9.17) is 9.98 Å². The van der Waals surface area contributed by atoms with Gasteiger partial charge in [-0.25, -0.2) is 9.98 Å². The third kappa shape index (κ3) is 5.05. The van der Waals surface area contributed by atoms with Crippen molar-refractivity contribution in [3.8, 4) is 22.3 Å². The molecule has 0 saturated heterocycles. The van der Waals surface area contributed by atoms with Gasteiger partial charge in [-0.1, -0.05) is 166 Å². The van der Waals surface area contributed by atoms with Gasteiger partial charge in [0.05, 0.1) is 0 Å². The molecule has 236 valence electrons. The van der Waals surface area contributed by atoms with Crippen molar-refractivity contribution in [1.29, 1.82) is 0 Å². The van der Waals surface area contributed by atoms with Gasteiger partial charge in [0.1, 0.15) is 11.7 Å². The smallest absolute Gasteiger partial charge is 0.169 e. The highest BCUT2D eigenvalue weighted by Crippen LogP contribution is 2.50. The number of amidine groups is 2. The molecule has 9 rings (SSSR count). The normalized spacial score (nSPS) is 18.9. The Kier molecular flexibility index (Phi) is 7.02. The molecule has 6 aromatic rings. The number of aliphatic imine (C=N–C) groups is 2. The van der Waals surface area contributed by atoms with Gasteiger partial charge in [-0.05, 0) is 73.3 Å². The van der Waals surface area contributed by atoms with E-state index in [2.05, 4.69) is 165 Å². The van der Waals surface area contributed by atoms with Crippen LogP contribution in [-0.2, 0) is 5.41 Å².